The molecule has 0 aliphatic rings. The molecule has 0 unspecified atom stereocenters. The average Bonchev–Trinajstić information content (AvgIpc) is 3.69. The highest BCUT2D eigenvalue weighted by Crippen LogP contribution is 2.27. The fraction of sp³-hybridized carbons (Fsp3) is 0.413. The van der Waals surface area contributed by atoms with E-state index in [1.54, 1.807) is 0 Å². The molecule has 3 amide bonds. The molecule has 0 spiro atoms. The van der Waals surface area contributed by atoms with Crippen LogP contribution in [0, 0.1) is 17.8 Å². The number of aromatic nitrogens is 1. The van der Waals surface area contributed by atoms with Gasteiger partial charge in [0.05, 0.1) is 18.6 Å². The highest BCUT2D eigenvalue weighted by Gasteiger charge is 2.31. The molecule has 0 bridgehead atoms. The molecule has 8 heteroatoms. The number of amides is 3. The van der Waals surface area contributed by atoms with Gasteiger partial charge in [0.25, 0.3) is 0 Å². The van der Waals surface area contributed by atoms with Crippen molar-refractivity contribution in [1.29, 1.82) is 0 Å². The van der Waals surface area contributed by atoms with Gasteiger partial charge >= 0.3 is 0 Å². The van der Waals surface area contributed by atoms with Gasteiger partial charge in [-0.1, -0.05) is 119 Å². The molecule has 4 atom stereocenters. The summed E-state index contributed by atoms with van der Waals surface area (Å²) >= 11 is 0. The number of benzene rings is 4. The zero-order valence-corrected chi connectivity index (χ0v) is 32.3. The van der Waals surface area contributed by atoms with Crippen LogP contribution in [0.2, 0.25) is 0 Å². The van der Waals surface area contributed by atoms with E-state index < -0.39 is 24.1 Å². The summed E-state index contributed by atoms with van der Waals surface area (Å²) in [6, 6.07) is 31.3. The van der Waals surface area contributed by atoms with E-state index in [1.165, 1.54) is 0 Å². The number of hydrogen-bond acceptors (Lipinski definition) is 4. The number of aryl methyl sites for hydroxylation is 1. The lowest BCUT2D eigenvalue weighted by Gasteiger charge is -2.29. The molecule has 0 saturated carbocycles. The molecular weight excluding hydrogens is 673 g/mol. The number of nitrogens with one attached hydrogen (secondary N) is 3. The minimum Gasteiger partial charge on any atom is -0.390 e. The van der Waals surface area contributed by atoms with Crippen LogP contribution >= 0.6 is 0 Å². The van der Waals surface area contributed by atoms with Crippen molar-refractivity contribution in [3.8, 4) is 0 Å². The normalized spacial score (nSPS) is 13.8. The van der Waals surface area contributed by atoms with Crippen molar-refractivity contribution in [3.63, 3.8) is 0 Å². The molecule has 54 heavy (non-hydrogen) atoms. The number of fused-ring (bicyclic) bond motifs is 2. The molecule has 1 heterocycles. The Kier molecular flexibility index (Phi) is 14.9. The second-order valence-corrected chi connectivity index (χ2v) is 15.3. The summed E-state index contributed by atoms with van der Waals surface area (Å²) in [6.07, 6.45) is 6.26. The summed E-state index contributed by atoms with van der Waals surface area (Å²) in [4.78, 5) is 41.7. The van der Waals surface area contributed by atoms with Crippen molar-refractivity contribution >= 4 is 39.3 Å². The van der Waals surface area contributed by atoms with Gasteiger partial charge in [0.15, 0.2) is 0 Å². The van der Waals surface area contributed by atoms with E-state index in [0.717, 1.165) is 39.1 Å². The molecule has 286 valence electrons. The molecule has 5 aromatic rings. The molecule has 0 aliphatic carbocycles. The van der Waals surface area contributed by atoms with Gasteiger partial charge in [-0.15, -0.1) is 0 Å². The van der Waals surface area contributed by atoms with Crippen molar-refractivity contribution in [3.05, 3.63) is 121 Å². The lowest BCUT2D eigenvalue weighted by molar-refractivity contribution is -0.132. The molecule has 0 radical (unpaired) electrons. The second kappa shape index (κ2) is 19.9. The van der Waals surface area contributed by atoms with Gasteiger partial charge in [0.1, 0.15) is 6.04 Å². The highest BCUT2D eigenvalue weighted by molar-refractivity contribution is 5.91. The van der Waals surface area contributed by atoms with E-state index in [-0.39, 0.29) is 30.1 Å². The fourth-order valence-electron chi connectivity index (χ4n) is 7.23. The van der Waals surface area contributed by atoms with Crippen LogP contribution in [0.4, 0.5) is 0 Å². The number of carbonyl (C=O) groups is 3. The molecule has 4 N–H and O–H groups in total. The maximum Gasteiger partial charge on any atom is 0.242 e. The Labute approximate surface area is 320 Å². The Morgan fingerprint density at radius 1 is 0.722 bits per heavy atom. The van der Waals surface area contributed by atoms with Gasteiger partial charge < -0.3 is 25.6 Å². The summed E-state index contributed by atoms with van der Waals surface area (Å²) in [6.45, 7) is 9.42. The Hall–Kier alpha value is -4.95. The first-order chi connectivity index (χ1) is 26.1. The maximum atomic E-state index is 14.6. The summed E-state index contributed by atoms with van der Waals surface area (Å²) in [7, 11) is 0. The van der Waals surface area contributed by atoms with E-state index in [1.807, 2.05) is 74.8 Å². The van der Waals surface area contributed by atoms with E-state index in [4.69, 9.17) is 0 Å². The largest absolute Gasteiger partial charge is 0.390 e. The van der Waals surface area contributed by atoms with E-state index >= 15 is 0 Å². The molecule has 0 saturated heterocycles. The molecule has 0 aliphatic heterocycles. The summed E-state index contributed by atoms with van der Waals surface area (Å²) in [5, 5.41) is 24.9. The highest BCUT2D eigenvalue weighted by atomic mass is 16.3. The fourth-order valence-corrected chi connectivity index (χ4v) is 7.23. The number of nitrogens with zero attached hydrogens (tertiary/aromatic N) is 1. The summed E-state index contributed by atoms with van der Waals surface area (Å²) < 4.78 is 2.06. The molecule has 4 aromatic carbocycles. The van der Waals surface area contributed by atoms with Gasteiger partial charge in [-0.2, -0.15) is 0 Å². The molecule has 0 fully saturated rings. The first-order valence-corrected chi connectivity index (χ1v) is 19.7. The summed E-state index contributed by atoms with van der Waals surface area (Å²) in [5.41, 5.74) is 2.16. The molecule has 5 rings (SSSR count). The van der Waals surface area contributed by atoms with Crippen LogP contribution in [0.1, 0.15) is 70.9 Å². The number of hydrogen-bond donors (Lipinski definition) is 4. The minimum absolute atomic E-state index is 0.114. The van der Waals surface area contributed by atoms with Gasteiger partial charge in [0, 0.05) is 31.4 Å². The van der Waals surface area contributed by atoms with Crippen LogP contribution in [0.3, 0.4) is 0 Å². The van der Waals surface area contributed by atoms with Crippen LogP contribution < -0.4 is 16.0 Å². The molecule has 8 nitrogen and oxygen atoms in total. The standard InChI is InChI=1S/C46H58N4O4/c1-5-33(4)31-47-44(52)30-43(51)42(27-32(2)3)49-46(54)41(23-14-26-50-24-10-11-25-50)48-45(53)38(28-36-19-12-17-34-15-6-8-21-39(34)36)29-37-20-13-18-35-16-7-9-22-40(35)37/h6-13,15-22,24-25,32-33,38,41-43,51H,5,14,23,26-31H2,1-4H3,(H,47,52)(H,48,53)(H,49,54)/t33-,41-,42-,43-/m0/s1. The SMILES string of the molecule is CC[C@H](C)CNC(=O)C[C@H](O)[C@H](CC(C)C)NC(=O)[C@H](CCCn1cccc1)NC(=O)C(Cc1cccc2ccccc12)Cc1cccc2ccccc12. The van der Waals surface area contributed by atoms with Crippen molar-refractivity contribution in [2.75, 3.05) is 6.54 Å². The van der Waals surface area contributed by atoms with E-state index in [2.05, 4.69) is 82.9 Å². The number of aliphatic hydroxyl groups excluding tert-OH is 1. The maximum absolute atomic E-state index is 14.6. The third-order valence-corrected chi connectivity index (χ3v) is 10.5. The second-order valence-electron chi connectivity index (χ2n) is 15.3. The van der Waals surface area contributed by atoms with Crippen LogP contribution in [0.5, 0.6) is 0 Å². The first-order valence-electron chi connectivity index (χ1n) is 19.7. The van der Waals surface area contributed by atoms with Crippen molar-refractivity contribution < 1.29 is 19.5 Å². The lowest BCUT2D eigenvalue weighted by Crippen LogP contribution is -2.54. The molecular formula is C46H58N4O4. The topological polar surface area (TPSA) is 112 Å². The van der Waals surface area contributed by atoms with Crippen LogP contribution in [-0.4, -0.2) is 52.1 Å². The van der Waals surface area contributed by atoms with Crippen LogP contribution in [-0.2, 0) is 33.8 Å². The van der Waals surface area contributed by atoms with Crippen LogP contribution in [0.25, 0.3) is 21.5 Å². The predicted octanol–water partition coefficient (Wildman–Crippen LogP) is 7.61. The van der Waals surface area contributed by atoms with Gasteiger partial charge in [-0.25, -0.2) is 0 Å². The number of carbonyl (C=O) groups excluding carboxylic acids is 3. The summed E-state index contributed by atoms with van der Waals surface area (Å²) in [5.74, 6) is -0.768. The lowest BCUT2D eigenvalue weighted by atomic mass is 9.87. The van der Waals surface area contributed by atoms with Crippen molar-refractivity contribution in [2.45, 2.75) is 97.4 Å². The Morgan fingerprint density at radius 2 is 1.30 bits per heavy atom. The zero-order valence-electron chi connectivity index (χ0n) is 32.3. The third-order valence-electron chi connectivity index (χ3n) is 10.5. The van der Waals surface area contributed by atoms with Crippen molar-refractivity contribution in [1.82, 2.24) is 20.5 Å². The van der Waals surface area contributed by atoms with E-state index in [0.29, 0.717) is 51.1 Å². The minimum atomic E-state index is -1.07. The van der Waals surface area contributed by atoms with Gasteiger partial charge in [0.2, 0.25) is 17.7 Å². The van der Waals surface area contributed by atoms with Crippen LogP contribution in [0.15, 0.2) is 109 Å². The Balaban J connectivity index is 1.40. The number of rotatable bonds is 20. The quantitative estimate of drug-likeness (QED) is 0.0661. The predicted molar refractivity (Wildman–Crippen MR) is 219 cm³/mol. The Bertz CT molecular complexity index is 1860. The third kappa shape index (κ3) is 11.5. The monoisotopic (exact) mass is 730 g/mol. The van der Waals surface area contributed by atoms with Gasteiger partial charge in [-0.3, -0.25) is 14.4 Å². The van der Waals surface area contributed by atoms with E-state index in [9.17, 15) is 19.5 Å². The smallest absolute Gasteiger partial charge is 0.242 e. The van der Waals surface area contributed by atoms with Crippen molar-refractivity contribution in [2.24, 2.45) is 17.8 Å². The zero-order chi connectivity index (χ0) is 38.5. The number of aliphatic hydroxyl groups is 1. The average molecular weight is 731 g/mol. The van der Waals surface area contributed by atoms with Gasteiger partial charge in [-0.05, 0) is 88.7 Å². The molecule has 1 aromatic heterocycles. The first kappa shape index (κ1) is 40.2. The Morgan fingerprint density at radius 3 is 1.87 bits per heavy atom.